The van der Waals surface area contributed by atoms with E-state index in [0.717, 1.165) is 11.8 Å². The summed E-state index contributed by atoms with van der Waals surface area (Å²) < 4.78 is 23.7. The van der Waals surface area contributed by atoms with Crippen LogP contribution in [-0.2, 0) is 39.9 Å². The molecule has 0 amide bonds. The molecule has 3 heterocycles. The molecule has 12 nitrogen and oxygen atoms in total. The first-order valence-corrected chi connectivity index (χ1v) is 16.9. The number of hydrogen-bond donors (Lipinski definition) is 2. The van der Waals surface area contributed by atoms with Crippen LogP contribution in [0.25, 0.3) is 11.2 Å². The molecule has 2 aromatic heterocycles. The Bertz CT molecular complexity index is 1260. The Morgan fingerprint density at radius 1 is 1.30 bits per heavy atom. The van der Waals surface area contributed by atoms with Gasteiger partial charge in [0.1, 0.15) is 17.9 Å². The number of rotatable bonds is 12. The molecule has 0 spiro atoms. The van der Waals surface area contributed by atoms with Gasteiger partial charge < -0.3 is 24.3 Å². The molecule has 17 heteroatoms. The number of thioether (sulfide) groups is 1. The molecular formula is C23H35Cl2N6O6PS2. The van der Waals surface area contributed by atoms with Crippen molar-refractivity contribution < 1.29 is 28.1 Å². The third-order valence-electron chi connectivity index (χ3n) is 5.50. The van der Waals surface area contributed by atoms with Gasteiger partial charge in [-0.2, -0.15) is 0 Å². The molecular weight excluding hydrogens is 622 g/mol. The van der Waals surface area contributed by atoms with Gasteiger partial charge in [0.05, 0.1) is 31.7 Å². The zero-order valence-electron chi connectivity index (χ0n) is 23.1. The van der Waals surface area contributed by atoms with E-state index in [1.54, 1.807) is 25.3 Å². The first-order valence-electron chi connectivity index (χ1n) is 12.5. The Kier molecular flexibility index (Phi) is 11.3. The van der Waals surface area contributed by atoms with Crippen molar-refractivity contribution >= 4 is 81.5 Å². The predicted octanol–water partition coefficient (Wildman–Crippen LogP) is 4.36. The summed E-state index contributed by atoms with van der Waals surface area (Å²) in [4.78, 5) is 37.1. The lowest BCUT2D eigenvalue weighted by molar-refractivity contribution is -0.149. The lowest BCUT2D eigenvalue weighted by Gasteiger charge is -2.27. The molecule has 1 saturated heterocycles. The van der Waals surface area contributed by atoms with E-state index in [2.05, 4.69) is 20.0 Å². The third-order valence-corrected chi connectivity index (χ3v) is 10.1. The average Bonchev–Trinajstić information content (AvgIpc) is 3.40. The quantitative estimate of drug-likeness (QED) is 0.144. The standard InChI is InChI=1S/C23H35Cl2N6O6PS2/c1-13(2)36-19(32)14(3)30-38(39,34-7-8-40-21(33)22(4,5)6)35-10-15-9-23(24,25)20(37-15)31-12-29-16-17(26)27-11-28-18(16)31/h11-15,20H,7-10H2,1-6H3,(H,30,39)(H2,26,27,28)/t14-,15-,20+,38+/m0/s1. The molecule has 0 saturated carbocycles. The number of hydrogen-bond acceptors (Lipinski definition) is 12. The number of ether oxygens (including phenoxy) is 2. The molecule has 0 bridgehead atoms. The molecule has 3 N–H and O–H groups in total. The van der Waals surface area contributed by atoms with Crippen molar-refractivity contribution in [3.63, 3.8) is 0 Å². The van der Waals surface area contributed by atoms with Crippen molar-refractivity contribution in [1.29, 1.82) is 0 Å². The highest BCUT2D eigenvalue weighted by Crippen LogP contribution is 2.50. The van der Waals surface area contributed by atoms with Gasteiger partial charge in [-0.05, 0) is 32.6 Å². The third kappa shape index (κ3) is 8.71. The van der Waals surface area contributed by atoms with Crippen molar-refractivity contribution in [2.45, 2.75) is 76.8 Å². The van der Waals surface area contributed by atoms with Gasteiger partial charge in [-0.1, -0.05) is 55.7 Å². The second-order valence-corrected chi connectivity index (χ2v) is 16.3. The number of nitrogens with one attached hydrogen (secondary N) is 1. The van der Waals surface area contributed by atoms with Gasteiger partial charge in [-0.25, -0.2) is 20.0 Å². The molecule has 2 aromatic rings. The van der Waals surface area contributed by atoms with Gasteiger partial charge in [-0.15, -0.1) is 0 Å². The van der Waals surface area contributed by atoms with E-state index in [4.69, 9.17) is 59.3 Å². The van der Waals surface area contributed by atoms with Crippen LogP contribution in [0.5, 0.6) is 0 Å². The van der Waals surface area contributed by atoms with E-state index >= 15 is 0 Å². The van der Waals surface area contributed by atoms with E-state index in [0.29, 0.717) is 16.9 Å². The lowest BCUT2D eigenvalue weighted by Crippen LogP contribution is -2.36. The Balaban J connectivity index is 1.69. The van der Waals surface area contributed by atoms with Crippen LogP contribution in [0, 0.1) is 5.41 Å². The van der Waals surface area contributed by atoms with Gasteiger partial charge >= 0.3 is 5.97 Å². The number of aromatic nitrogens is 4. The number of halogens is 2. The second-order valence-electron chi connectivity index (χ2n) is 10.5. The van der Waals surface area contributed by atoms with Gasteiger partial charge in [0.15, 0.2) is 27.1 Å². The fourth-order valence-corrected chi connectivity index (χ4v) is 7.51. The Labute approximate surface area is 253 Å². The van der Waals surface area contributed by atoms with Crippen LogP contribution in [0.4, 0.5) is 5.82 Å². The maximum Gasteiger partial charge on any atom is 0.323 e. The van der Waals surface area contributed by atoms with E-state index in [-0.39, 0.29) is 36.7 Å². The molecule has 1 aliphatic heterocycles. The molecule has 1 aliphatic rings. The number of imidazole rings is 1. The van der Waals surface area contributed by atoms with Crippen LogP contribution in [0.3, 0.4) is 0 Å². The first kappa shape index (κ1) is 33.4. The highest BCUT2D eigenvalue weighted by Gasteiger charge is 2.48. The monoisotopic (exact) mass is 656 g/mol. The van der Waals surface area contributed by atoms with E-state index in [1.165, 1.54) is 12.7 Å². The van der Waals surface area contributed by atoms with Crippen LogP contribution < -0.4 is 10.8 Å². The smallest absolute Gasteiger partial charge is 0.323 e. The van der Waals surface area contributed by atoms with Crippen molar-refractivity contribution in [3.05, 3.63) is 12.7 Å². The molecule has 0 aromatic carbocycles. The zero-order chi connectivity index (χ0) is 29.9. The average molecular weight is 658 g/mol. The normalized spacial score (nSPS) is 21.4. The van der Waals surface area contributed by atoms with Crippen LogP contribution in [0.1, 0.15) is 54.2 Å². The van der Waals surface area contributed by atoms with E-state index in [1.807, 2.05) is 20.8 Å². The number of nitrogens with two attached hydrogens (primary N) is 1. The largest absolute Gasteiger partial charge is 0.462 e. The minimum Gasteiger partial charge on any atom is -0.462 e. The first-order chi connectivity index (χ1) is 18.5. The maximum atomic E-state index is 12.5. The van der Waals surface area contributed by atoms with Crippen LogP contribution in [0.15, 0.2) is 12.7 Å². The summed E-state index contributed by atoms with van der Waals surface area (Å²) >= 11 is 20.2. The SMILES string of the molecule is CC(C)OC(=O)[C@H](C)N[P@@](=S)(OCCSC(=O)C(C)(C)C)OC[C@@H]1CC(Cl)(Cl)[C@H](n2cnc3c(N)ncnc32)O1. The summed E-state index contributed by atoms with van der Waals surface area (Å²) in [5, 5.41) is 3.00. The number of nitrogens with zero attached hydrogens (tertiary/aromatic N) is 4. The van der Waals surface area contributed by atoms with E-state index < -0.39 is 40.7 Å². The van der Waals surface area contributed by atoms with Crippen LogP contribution in [-0.4, -0.2) is 72.2 Å². The highest BCUT2D eigenvalue weighted by molar-refractivity contribution is 8.13. The molecule has 0 unspecified atom stereocenters. The summed E-state index contributed by atoms with van der Waals surface area (Å²) in [5.41, 5.74) is 6.22. The number of carbonyl (C=O) groups is 2. The van der Waals surface area contributed by atoms with Crippen molar-refractivity contribution in [2.75, 3.05) is 24.7 Å². The Morgan fingerprint density at radius 3 is 2.65 bits per heavy atom. The number of fused-ring (bicyclic) bond motifs is 1. The van der Waals surface area contributed by atoms with Crippen molar-refractivity contribution in [3.8, 4) is 0 Å². The lowest BCUT2D eigenvalue weighted by atomic mass is 10.00. The summed E-state index contributed by atoms with van der Waals surface area (Å²) in [6.07, 6.45) is 1.25. The fourth-order valence-electron chi connectivity index (χ4n) is 3.57. The molecule has 4 atom stereocenters. The molecule has 224 valence electrons. The minimum absolute atomic E-state index is 0.0252. The summed E-state index contributed by atoms with van der Waals surface area (Å²) in [5.74, 6) is 0.0739. The zero-order valence-corrected chi connectivity index (χ0v) is 27.2. The number of esters is 1. The van der Waals surface area contributed by atoms with Gasteiger partial charge in [0, 0.05) is 17.6 Å². The number of anilines is 1. The van der Waals surface area contributed by atoms with Gasteiger partial charge in [0.25, 0.3) is 6.64 Å². The summed E-state index contributed by atoms with van der Waals surface area (Å²) in [7, 11) is 0. The number of carbonyl (C=O) groups excluding carboxylic acids is 2. The van der Waals surface area contributed by atoms with Crippen molar-refractivity contribution in [1.82, 2.24) is 24.6 Å². The maximum absolute atomic E-state index is 12.5. The molecule has 0 aliphatic carbocycles. The van der Waals surface area contributed by atoms with Gasteiger partial charge in [0.2, 0.25) is 0 Å². The predicted molar refractivity (Wildman–Crippen MR) is 160 cm³/mol. The summed E-state index contributed by atoms with van der Waals surface area (Å²) in [6, 6.07) is -0.808. The molecule has 0 radical (unpaired) electrons. The van der Waals surface area contributed by atoms with Crippen molar-refractivity contribution in [2.24, 2.45) is 5.41 Å². The van der Waals surface area contributed by atoms with E-state index in [9.17, 15) is 9.59 Å². The van der Waals surface area contributed by atoms with Crippen LogP contribution >= 0.6 is 41.6 Å². The second kappa shape index (κ2) is 13.5. The number of nitrogen functional groups attached to an aromatic ring is 1. The fraction of sp³-hybridized carbons (Fsp3) is 0.696. The molecule has 3 rings (SSSR count). The van der Waals surface area contributed by atoms with Gasteiger partial charge in [-0.3, -0.25) is 14.2 Å². The Morgan fingerprint density at radius 2 is 2.00 bits per heavy atom. The van der Waals surface area contributed by atoms with Crippen LogP contribution in [0.2, 0.25) is 0 Å². The topological polar surface area (TPSA) is 153 Å². The molecule has 1 fully saturated rings. The Hall–Kier alpha value is -1.09. The molecule has 40 heavy (non-hydrogen) atoms. The highest BCUT2D eigenvalue weighted by atomic mass is 35.5. The number of alkyl halides is 2. The summed E-state index contributed by atoms with van der Waals surface area (Å²) in [6.45, 7) is 7.47. The minimum atomic E-state index is -3.26.